The van der Waals surface area contributed by atoms with E-state index in [9.17, 15) is 4.79 Å². The van der Waals surface area contributed by atoms with Gasteiger partial charge in [0, 0.05) is 50.7 Å². The lowest BCUT2D eigenvalue weighted by atomic mass is 9.76. The lowest BCUT2D eigenvalue weighted by molar-refractivity contribution is -0.129. The van der Waals surface area contributed by atoms with Gasteiger partial charge in [0.15, 0.2) is 0 Å². The molecule has 5 nitrogen and oxygen atoms in total. The summed E-state index contributed by atoms with van der Waals surface area (Å²) in [5.74, 6) is 0.986. The third-order valence-corrected chi connectivity index (χ3v) is 10.0. The van der Waals surface area contributed by atoms with E-state index in [4.69, 9.17) is 27.9 Å². The van der Waals surface area contributed by atoms with Crippen LogP contribution in [0.2, 0.25) is 10.0 Å². The van der Waals surface area contributed by atoms with Gasteiger partial charge in [0.2, 0.25) is 5.91 Å². The first kappa shape index (κ1) is 29.7. The van der Waals surface area contributed by atoms with Crippen molar-refractivity contribution in [3.63, 3.8) is 0 Å². The van der Waals surface area contributed by atoms with Crippen molar-refractivity contribution in [1.82, 2.24) is 14.7 Å². The Hall–Kier alpha value is -1.79. The van der Waals surface area contributed by atoms with Crippen molar-refractivity contribution in [2.75, 3.05) is 45.8 Å². The molecular formula is C33H45Cl2N3O2. The van der Waals surface area contributed by atoms with E-state index in [1.165, 1.54) is 50.8 Å². The lowest BCUT2D eigenvalue weighted by Gasteiger charge is -2.42. The van der Waals surface area contributed by atoms with E-state index >= 15 is 0 Å². The van der Waals surface area contributed by atoms with Gasteiger partial charge in [-0.15, -0.1) is 0 Å². The molecule has 0 radical (unpaired) electrons. The van der Waals surface area contributed by atoms with Crippen LogP contribution in [0.3, 0.4) is 0 Å². The second kappa shape index (κ2) is 13.5. The van der Waals surface area contributed by atoms with Crippen molar-refractivity contribution in [2.24, 2.45) is 0 Å². The summed E-state index contributed by atoms with van der Waals surface area (Å²) in [4.78, 5) is 20.9. The summed E-state index contributed by atoms with van der Waals surface area (Å²) in [5, 5.41) is 1.17. The van der Waals surface area contributed by atoms with E-state index in [0.717, 1.165) is 56.4 Å². The van der Waals surface area contributed by atoms with Gasteiger partial charge < -0.3 is 14.5 Å². The molecule has 1 amide bonds. The predicted molar refractivity (Wildman–Crippen MR) is 165 cm³/mol. The first-order valence-electron chi connectivity index (χ1n) is 15.3. The highest BCUT2D eigenvalue weighted by Crippen LogP contribution is 2.40. The van der Waals surface area contributed by atoms with Crippen LogP contribution in [0, 0.1) is 0 Å². The van der Waals surface area contributed by atoms with Gasteiger partial charge in [-0.05, 0) is 81.5 Å². The van der Waals surface area contributed by atoms with E-state index in [2.05, 4.69) is 20.8 Å². The van der Waals surface area contributed by atoms with Crippen molar-refractivity contribution in [3.8, 4) is 5.75 Å². The maximum atomic E-state index is 13.5. The molecule has 0 aromatic heterocycles. The SMILES string of the molecule is CC(C)Oc1cccc(CC(=O)N2CC[C@@](CCN3CCN(C4CCCCC4)CC3)(c3ccc(Cl)c(Cl)c3)C2)c1. The highest BCUT2D eigenvalue weighted by molar-refractivity contribution is 6.42. The summed E-state index contributed by atoms with van der Waals surface area (Å²) in [7, 11) is 0. The number of piperazine rings is 1. The Morgan fingerprint density at radius 3 is 2.48 bits per heavy atom. The molecule has 0 N–H and O–H groups in total. The maximum absolute atomic E-state index is 13.5. The summed E-state index contributed by atoms with van der Waals surface area (Å²) in [6, 6.07) is 14.8. The average molecular weight is 587 g/mol. The third-order valence-electron chi connectivity index (χ3n) is 9.27. The Labute approximate surface area is 250 Å². The zero-order chi connectivity index (χ0) is 28.1. The van der Waals surface area contributed by atoms with Crippen LogP contribution >= 0.6 is 23.2 Å². The van der Waals surface area contributed by atoms with E-state index in [1.807, 2.05) is 50.2 Å². The molecule has 0 unspecified atom stereocenters. The van der Waals surface area contributed by atoms with Gasteiger partial charge in [0.05, 0.1) is 22.6 Å². The summed E-state index contributed by atoms with van der Waals surface area (Å²) in [5.41, 5.74) is 2.07. The largest absolute Gasteiger partial charge is 0.491 e. The zero-order valence-electron chi connectivity index (χ0n) is 24.2. The minimum atomic E-state index is -0.118. The molecule has 5 rings (SSSR count). The molecule has 0 bridgehead atoms. The molecule has 218 valence electrons. The first-order chi connectivity index (χ1) is 19.3. The fourth-order valence-corrected chi connectivity index (χ4v) is 7.25. The normalized spacial score (nSPS) is 23.2. The van der Waals surface area contributed by atoms with Crippen molar-refractivity contribution >= 4 is 29.1 Å². The van der Waals surface area contributed by atoms with Gasteiger partial charge in [0.25, 0.3) is 0 Å². The van der Waals surface area contributed by atoms with Gasteiger partial charge in [-0.2, -0.15) is 0 Å². The van der Waals surface area contributed by atoms with Crippen molar-refractivity contribution in [1.29, 1.82) is 0 Å². The van der Waals surface area contributed by atoms with Gasteiger partial charge in [-0.1, -0.05) is 60.7 Å². The number of likely N-dealkylation sites (tertiary alicyclic amines) is 1. The number of nitrogens with zero attached hydrogens (tertiary/aromatic N) is 3. The van der Waals surface area contributed by atoms with Crippen LogP contribution in [0.5, 0.6) is 5.75 Å². The number of amides is 1. The highest BCUT2D eigenvalue weighted by atomic mass is 35.5. The van der Waals surface area contributed by atoms with Crippen molar-refractivity contribution in [2.45, 2.75) is 82.8 Å². The Kier molecular flexibility index (Phi) is 9.99. The highest BCUT2D eigenvalue weighted by Gasteiger charge is 2.41. The molecule has 1 saturated carbocycles. The predicted octanol–water partition coefficient (Wildman–Crippen LogP) is 6.83. The Morgan fingerprint density at radius 2 is 1.75 bits per heavy atom. The minimum Gasteiger partial charge on any atom is -0.491 e. The zero-order valence-corrected chi connectivity index (χ0v) is 25.7. The Balaban J connectivity index is 1.24. The number of halogens is 2. The van der Waals surface area contributed by atoms with Crippen LogP contribution in [0.15, 0.2) is 42.5 Å². The number of carbonyl (C=O) groups excluding carboxylic acids is 1. The maximum Gasteiger partial charge on any atom is 0.227 e. The topological polar surface area (TPSA) is 36.0 Å². The Bertz CT molecular complexity index is 1140. The van der Waals surface area contributed by atoms with E-state index < -0.39 is 0 Å². The molecule has 2 aromatic rings. The number of ether oxygens (including phenoxy) is 1. The van der Waals surface area contributed by atoms with E-state index in [0.29, 0.717) is 23.0 Å². The summed E-state index contributed by atoms with van der Waals surface area (Å²) in [6.45, 7) is 11.2. The van der Waals surface area contributed by atoms with Crippen LogP contribution in [-0.4, -0.2) is 78.6 Å². The standard InChI is InChI=1S/C33H45Cl2N3O2/c1-25(2)40-29-10-6-7-26(21-29)22-32(39)38-16-14-33(24-38,27-11-12-30(34)31(35)23-27)13-15-36-17-19-37(20-18-36)28-8-4-3-5-9-28/h6-7,10-12,21,23,25,28H,3-5,8-9,13-20,22,24H2,1-2H3/t33-/m1/s1. The number of hydrogen-bond donors (Lipinski definition) is 0. The smallest absolute Gasteiger partial charge is 0.227 e. The van der Waals surface area contributed by atoms with Gasteiger partial charge in [0.1, 0.15) is 5.75 Å². The Morgan fingerprint density at radius 1 is 0.975 bits per heavy atom. The second-order valence-corrected chi connectivity index (χ2v) is 13.2. The van der Waals surface area contributed by atoms with Crippen molar-refractivity contribution < 1.29 is 9.53 Å². The van der Waals surface area contributed by atoms with Crippen LogP contribution < -0.4 is 4.74 Å². The van der Waals surface area contributed by atoms with Gasteiger partial charge in [-0.25, -0.2) is 0 Å². The molecule has 2 aromatic carbocycles. The van der Waals surface area contributed by atoms with Gasteiger partial charge >= 0.3 is 0 Å². The van der Waals surface area contributed by atoms with Crippen LogP contribution in [0.1, 0.15) is 69.9 Å². The quantitative estimate of drug-likeness (QED) is 0.323. The van der Waals surface area contributed by atoms with Crippen molar-refractivity contribution in [3.05, 3.63) is 63.6 Å². The minimum absolute atomic E-state index is 0.103. The second-order valence-electron chi connectivity index (χ2n) is 12.4. The van der Waals surface area contributed by atoms with Crippen LogP contribution in [0.4, 0.5) is 0 Å². The molecule has 3 aliphatic rings. The summed E-state index contributed by atoms with van der Waals surface area (Å²) < 4.78 is 5.85. The molecule has 2 aliphatic heterocycles. The summed E-state index contributed by atoms with van der Waals surface area (Å²) >= 11 is 12.8. The molecule has 1 aliphatic carbocycles. The molecule has 40 heavy (non-hydrogen) atoms. The molecule has 7 heteroatoms. The van der Waals surface area contributed by atoms with Crippen LogP contribution in [-0.2, 0) is 16.6 Å². The fourth-order valence-electron chi connectivity index (χ4n) is 6.95. The fraction of sp³-hybridized carbons (Fsp3) is 0.606. The van der Waals surface area contributed by atoms with E-state index in [1.54, 1.807) is 0 Å². The molecule has 2 saturated heterocycles. The van der Waals surface area contributed by atoms with Crippen LogP contribution in [0.25, 0.3) is 0 Å². The average Bonchev–Trinajstić information content (AvgIpc) is 3.40. The number of hydrogen-bond acceptors (Lipinski definition) is 4. The molecular weight excluding hydrogens is 541 g/mol. The number of carbonyl (C=O) groups is 1. The molecule has 3 fully saturated rings. The lowest BCUT2D eigenvalue weighted by Crippen LogP contribution is -2.51. The third kappa shape index (κ3) is 7.34. The first-order valence-corrected chi connectivity index (χ1v) is 16.0. The molecule has 0 spiro atoms. The monoisotopic (exact) mass is 585 g/mol. The molecule has 2 heterocycles. The number of rotatable bonds is 9. The van der Waals surface area contributed by atoms with Gasteiger partial charge in [-0.3, -0.25) is 9.69 Å². The van der Waals surface area contributed by atoms with E-state index in [-0.39, 0.29) is 17.4 Å². The summed E-state index contributed by atoms with van der Waals surface area (Å²) in [6.07, 6.45) is 9.38. The number of benzene rings is 2. The molecule has 1 atom stereocenters.